The summed E-state index contributed by atoms with van der Waals surface area (Å²) in [5.74, 6) is 0.236. The molecule has 0 radical (unpaired) electrons. The number of thioether (sulfide) groups is 1. The molecule has 1 N–H and O–H groups in total. The fourth-order valence-corrected chi connectivity index (χ4v) is 7.02. The van der Waals surface area contributed by atoms with Gasteiger partial charge in [0.05, 0.1) is 18.2 Å². The lowest BCUT2D eigenvalue weighted by molar-refractivity contribution is -0.132. The quantitative estimate of drug-likeness (QED) is 0.0807. The molecule has 0 aliphatic carbocycles. The van der Waals surface area contributed by atoms with Gasteiger partial charge in [0, 0.05) is 17.7 Å². The number of hydrogen-bond acceptors (Lipinski definition) is 9. The lowest BCUT2D eigenvalue weighted by atomic mass is 9.94. The summed E-state index contributed by atoms with van der Waals surface area (Å²) in [4.78, 5) is 28.6. The van der Waals surface area contributed by atoms with E-state index in [1.165, 1.54) is 33.6 Å². The number of ketones is 1. The third-order valence-electron chi connectivity index (χ3n) is 7.18. The van der Waals surface area contributed by atoms with E-state index >= 15 is 0 Å². The Morgan fingerprint density at radius 1 is 1.12 bits per heavy atom. The van der Waals surface area contributed by atoms with Gasteiger partial charge < -0.3 is 14.6 Å². The highest BCUT2D eigenvalue weighted by Crippen LogP contribution is 2.45. The van der Waals surface area contributed by atoms with Crippen LogP contribution in [0.3, 0.4) is 0 Å². The SMILES string of the molecule is CCOc1cccc(C2/C(=C(\O)c3ccc4c(c3)CC(C)O4)C(=O)C(=O)N2c2nnc(SCc3ccc(C)cc3)s2)c1. The smallest absolute Gasteiger partial charge is 0.301 e. The van der Waals surface area contributed by atoms with Crippen LogP contribution in [0.15, 0.2) is 76.6 Å². The standard InChI is InChI=1S/C32H29N3O5S2/c1-4-39-24-7-5-6-21(16-24)27-26(28(36)22-12-13-25-23(15-22)14-19(3)40-25)29(37)30(38)35(27)31-33-34-32(42-31)41-17-20-10-8-18(2)9-11-20/h5-13,15-16,19,27,36H,4,14,17H2,1-3H3/b28-26+. The van der Waals surface area contributed by atoms with Crippen molar-refractivity contribution in [2.24, 2.45) is 0 Å². The van der Waals surface area contributed by atoms with E-state index in [4.69, 9.17) is 9.47 Å². The van der Waals surface area contributed by atoms with Gasteiger partial charge in [0.1, 0.15) is 23.4 Å². The average Bonchev–Trinajstić information content (AvgIpc) is 3.67. The highest BCUT2D eigenvalue weighted by molar-refractivity contribution is 8.00. The lowest BCUT2D eigenvalue weighted by Gasteiger charge is -2.23. The molecule has 3 aromatic carbocycles. The molecule has 42 heavy (non-hydrogen) atoms. The number of aliphatic hydroxyl groups excluding tert-OH is 1. The van der Waals surface area contributed by atoms with E-state index in [0.717, 1.165) is 16.9 Å². The van der Waals surface area contributed by atoms with Crippen molar-refractivity contribution in [3.63, 3.8) is 0 Å². The van der Waals surface area contributed by atoms with Crippen LogP contribution in [0.1, 0.15) is 47.7 Å². The number of fused-ring (bicyclic) bond motifs is 1. The fraction of sp³-hybridized carbons (Fsp3) is 0.250. The zero-order valence-electron chi connectivity index (χ0n) is 23.4. The first-order valence-corrected chi connectivity index (χ1v) is 15.5. The molecule has 1 fully saturated rings. The summed E-state index contributed by atoms with van der Waals surface area (Å²) in [7, 11) is 0. The number of aliphatic hydroxyl groups is 1. The summed E-state index contributed by atoms with van der Waals surface area (Å²) in [6.45, 7) is 6.36. The maximum Gasteiger partial charge on any atom is 0.301 e. The van der Waals surface area contributed by atoms with Gasteiger partial charge in [-0.05, 0) is 67.8 Å². The van der Waals surface area contributed by atoms with Crippen molar-refractivity contribution in [2.75, 3.05) is 11.5 Å². The second-order valence-corrected chi connectivity index (χ2v) is 12.4. The molecule has 2 unspecified atom stereocenters. The third kappa shape index (κ3) is 5.39. The molecule has 0 spiro atoms. The molecule has 3 heterocycles. The number of benzene rings is 3. The molecule has 10 heteroatoms. The lowest BCUT2D eigenvalue weighted by Crippen LogP contribution is -2.29. The molecule has 0 bridgehead atoms. The van der Waals surface area contributed by atoms with Crippen LogP contribution in [0.4, 0.5) is 5.13 Å². The third-order valence-corrected chi connectivity index (χ3v) is 9.31. The molecular weight excluding hydrogens is 571 g/mol. The number of Topliss-reactive ketones (excluding diaryl/α,β-unsaturated/α-hetero) is 1. The van der Waals surface area contributed by atoms with Crippen LogP contribution < -0.4 is 14.4 Å². The van der Waals surface area contributed by atoms with E-state index in [-0.39, 0.29) is 22.6 Å². The summed E-state index contributed by atoms with van der Waals surface area (Å²) in [6.07, 6.45) is 0.720. The maximum atomic E-state index is 13.6. The topological polar surface area (TPSA) is 102 Å². The van der Waals surface area contributed by atoms with Gasteiger partial charge in [-0.1, -0.05) is 65.1 Å². The number of ether oxygens (including phenoxy) is 2. The average molecular weight is 600 g/mol. The van der Waals surface area contributed by atoms with Gasteiger partial charge in [-0.3, -0.25) is 14.5 Å². The number of hydrogen-bond donors (Lipinski definition) is 1. The summed E-state index contributed by atoms with van der Waals surface area (Å²) < 4.78 is 12.2. The predicted molar refractivity (Wildman–Crippen MR) is 163 cm³/mol. The molecule has 1 amide bonds. The molecule has 1 aromatic heterocycles. The van der Waals surface area contributed by atoms with E-state index < -0.39 is 17.7 Å². The molecule has 0 saturated carbocycles. The van der Waals surface area contributed by atoms with E-state index in [1.54, 1.807) is 24.3 Å². The van der Waals surface area contributed by atoms with Gasteiger partial charge in [-0.2, -0.15) is 0 Å². The summed E-state index contributed by atoms with van der Waals surface area (Å²) in [5, 5.41) is 20.5. The zero-order chi connectivity index (χ0) is 29.4. The van der Waals surface area contributed by atoms with Gasteiger partial charge in [0.25, 0.3) is 5.78 Å². The first-order chi connectivity index (χ1) is 20.3. The summed E-state index contributed by atoms with van der Waals surface area (Å²) >= 11 is 2.75. The Morgan fingerprint density at radius 2 is 1.93 bits per heavy atom. The normalized spacial score (nSPS) is 19.2. The van der Waals surface area contributed by atoms with E-state index in [9.17, 15) is 14.7 Å². The van der Waals surface area contributed by atoms with Crippen LogP contribution in [0.2, 0.25) is 0 Å². The van der Waals surface area contributed by atoms with Gasteiger partial charge >= 0.3 is 5.91 Å². The van der Waals surface area contributed by atoms with E-state index in [0.29, 0.717) is 40.0 Å². The number of nitrogens with zero attached hydrogens (tertiary/aromatic N) is 3. The zero-order valence-corrected chi connectivity index (χ0v) is 25.0. The number of carbonyl (C=O) groups excluding carboxylic acids is 2. The molecule has 214 valence electrons. The monoisotopic (exact) mass is 599 g/mol. The molecule has 2 aliphatic heterocycles. The summed E-state index contributed by atoms with van der Waals surface area (Å²) in [6, 6.07) is 19.9. The van der Waals surface area contributed by atoms with E-state index in [1.807, 2.05) is 39.0 Å². The minimum Gasteiger partial charge on any atom is -0.507 e. The number of anilines is 1. The Bertz CT molecular complexity index is 1700. The number of rotatable bonds is 8. The number of amides is 1. The van der Waals surface area contributed by atoms with Gasteiger partial charge in [0.15, 0.2) is 4.34 Å². The van der Waals surface area contributed by atoms with Crippen molar-refractivity contribution < 1.29 is 24.2 Å². The van der Waals surface area contributed by atoms with E-state index in [2.05, 4.69) is 34.5 Å². The first kappa shape index (κ1) is 28.0. The van der Waals surface area contributed by atoms with Crippen molar-refractivity contribution in [2.45, 2.75) is 49.4 Å². The molecule has 8 nitrogen and oxygen atoms in total. The fourth-order valence-electron chi connectivity index (χ4n) is 5.20. The largest absolute Gasteiger partial charge is 0.507 e. The summed E-state index contributed by atoms with van der Waals surface area (Å²) in [5.41, 5.74) is 4.32. The number of carbonyl (C=O) groups is 2. The Kier molecular flexibility index (Phi) is 7.74. The molecule has 6 rings (SSSR count). The minimum absolute atomic E-state index is 0.00961. The van der Waals surface area contributed by atoms with Crippen LogP contribution in [-0.4, -0.2) is 39.7 Å². The van der Waals surface area contributed by atoms with Gasteiger partial charge in [-0.25, -0.2) is 0 Å². The van der Waals surface area contributed by atoms with Crippen molar-refractivity contribution in [1.82, 2.24) is 10.2 Å². The van der Waals surface area contributed by atoms with Crippen molar-refractivity contribution in [3.8, 4) is 11.5 Å². The van der Waals surface area contributed by atoms with Gasteiger partial charge in [0.2, 0.25) is 5.13 Å². The van der Waals surface area contributed by atoms with Crippen molar-refractivity contribution in [3.05, 3.63) is 100 Å². The van der Waals surface area contributed by atoms with Crippen LogP contribution in [-0.2, 0) is 21.8 Å². The predicted octanol–water partition coefficient (Wildman–Crippen LogP) is 6.49. The molecular formula is C32H29N3O5S2. The Labute approximate surface area is 252 Å². The van der Waals surface area contributed by atoms with Crippen LogP contribution >= 0.6 is 23.1 Å². The van der Waals surface area contributed by atoms with Crippen LogP contribution in [0.5, 0.6) is 11.5 Å². The van der Waals surface area contributed by atoms with Crippen molar-refractivity contribution >= 4 is 45.7 Å². The first-order valence-electron chi connectivity index (χ1n) is 13.7. The highest BCUT2D eigenvalue weighted by Gasteiger charge is 2.48. The van der Waals surface area contributed by atoms with Crippen LogP contribution in [0, 0.1) is 6.92 Å². The Morgan fingerprint density at radius 3 is 2.71 bits per heavy atom. The molecule has 2 atom stereocenters. The molecule has 1 saturated heterocycles. The maximum absolute atomic E-state index is 13.6. The van der Waals surface area contributed by atoms with Crippen LogP contribution in [0.25, 0.3) is 5.76 Å². The number of aryl methyl sites for hydroxylation is 1. The Balaban J connectivity index is 1.39. The number of aromatic nitrogens is 2. The molecule has 2 aliphatic rings. The Hall–Kier alpha value is -4.15. The second-order valence-electron chi connectivity index (χ2n) is 10.3. The van der Waals surface area contributed by atoms with Crippen molar-refractivity contribution in [1.29, 1.82) is 0 Å². The molecule has 4 aromatic rings. The highest BCUT2D eigenvalue weighted by atomic mass is 32.2. The minimum atomic E-state index is -0.920. The second kappa shape index (κ2) is 11.6. The van der Waals surface area contributed by atoms with Gasteiger partial charge in [-0.15, -0.1) is 10.2 Å².